The Morgan fingerprint density at radius 2 is 1.80 bits per heavy atom. The number of carbonyl (C=O) groups excluding carboxylic acids is 1. The maximum absolute atomic E-state index is 12.1. The number of aryl methyl sites for hydroxylation is 1. The predicted octanol–water partition coefficient (Wildman–Crippen LogP) is 2.48. The zero-order chi connectivity index (χ0) is 14.3. The number of hydrogen-bond donors (Lipinski definition) is 0. The molecule has 1 aliphatic heterocycles. The van der Waals surface area contributed by atoms with Crippen molar-refractivity contribution in [2.75, 3.05) is 0 Å². The molecule has 2 aromatic rings. The number of fused-ring (bicyclic) bond motifs is 1. The van der Waals surface area contributed by atoms with Gasteiger partial charge in [0.05, 0.1) is 0 Å². The third kappa shape index (κ3) is 1.91. The van der Waals surface area contributed by atoms with E-state index in [2.05, 4.69) is 10.1 Å². The maximum Gasteiger partial charge on any atom is 0.336 e. The largest absolute Gasteiger partial charge is 0.432 e. The number of benzene rings is 1. The first kappa shape index (κ1) is 12.6. The number of carbonyl (C=O) groups is 1. The molecule has 1 atom stereocenters. The fourth-order valence-corrected chi connectivity index (χ4v) is 2.24. The number of nitrogens with zero attached hydrogens (tertiary/aromatic N) is 3. The molecule has 0 saturated carbocycles. The summed E-state index contributed by atoms with van der Waals surface area (Å²) < 4.78 is 7.26. The molecule has 1 aliphatic rings. The molecule has 102 valence electrons. The molecule has 0 aliphatic carbocycles. The van der Waals surface area contributed by atoms with Crippen molar-refractivity contribution in [3.63, 3.8) is 0 Å². The second-order valence-electron chi connectivity index (χ2n) is 4.85. The van der Waals surface area contributed by atoms with Crippen LogP contribution in [0.3, 0.4) is 0 Å². The minimum atomic E-state index is -0.577. The highest BCUT2D eigenvalue weighted by molar-refractivity contribution is 5.96. The van der Waals surface area contributed by atoms with Crippen LogP contribution in [0.15, 0.2) is 35.9 Å². The average Bonchev–Trinajstić information content (AvgIpc) is 2.82. The van der Waals surface area contributed by atoms with Gasteiger partial charge < -0.3 is 4.74 Å². The molecule has 0 fully saturated rings. The summed E-state index contributed by atoms with van der Waals surface area (Å²) in [4.78, 5) is 16.5. The fraction of sp³-hybridized carbons (Fsp3) is 0.267. The average molecular weight is 269 g/mol. The van der Waals surface area contributed by atoms with Crippen molar-refractivity contribution < 1.29 is 9.53 Å². The van der Waals surface area contributed by atoms with Gasteiger partial charge >= 0.3 is 5.97 Å². The van der Waals surface area contributed by atoms with Crippen LogP contribution in [0, 0.1) is 6.92 Å². The molecule has 1 unspecified atom stereocenters. The van der Waals surface area contributed by atoms with Gasteiger partial charge in [-0.2, -0.15) is 5.10 Å². The lowest BCUT2D eigenvalue weighted by molar-refractivity contribution is -0.146. The molecular weight excluding hydrogens is 254 g/mol. The third-order valence-corrected chi connectivity index (χ3v) is 3.47. The number of allylic oxidation sites excluding steroid dienone is 1. The van der Waals surface area contributed by atoms with E-state index in [0.717, 1.165) is 11.1 Å². The van der Waals surface area contributed by atoms with E-state index in [-0.39, 0.29) is 5.97 Å². The number of aromatic nitrogens is 3. The van der Waals surface area contributed by atoms with Crippen LogP contribution in [0.1, 0.15) is 37.3 Å². The zero-order valence-electron chi connectivity index (χ0n) is 11.6. The Balaban J connectivity index is 2.20. The van der Waals surface area contributed by atoms with Crippen molar-refractivity contribution in [3.05, 3.63) is 53.1 Å². The molecule has 2 heterocycles. The van der Waals surface area contributed by atoms with Gasteiger partial charge in [0.15, 0.2) is 5.82 Å². The summed E-state index contributed by atoms with van der Waals surface area (Å²) in [5, 5.41) is 4.38. The molecule has 1 aromatic heterocycles. The summed E-state index contributed by atoms with van der Waals surface area (Å²) in [7, 11) is 0. The van der Waals surface area contributed by atoms with Crippen molar-refractivity contribution in [2.45, 2.75) is 27.0 Å². The molecule has 0 spiro atoms. The molecule has 0 bridgehead atoms. The van der Waals surface area contributed by atoms with Gasteiger partial charge in [0.2, 0.25) is 6.23 Å². The summed E-state index contributed by atoms with van der Waals surface area (Å²) >= 11 is 0. The summed E-state index contributed by atoms with van der Waals surface area (Å²) in [5.41, 5.74) is 2.24. The molecule has 0 amide bonds. The monoisotopic (exact) mass is 269 g/mol. The van der Waals surface area contributed by atoms with Crippen LogP contribution in [-0.2, 0) is 9.53 Å². The number of esters is 1. The van der Waals surface area contributed by atoms with Crippen LogP contribution in [0.4, 0.5) is 0 Å². The van der Waals surface area contributed by atoms with E-state index in [0.29, 0.717) is 17.2 Å². The molecule has 5 heteroatoms. The van der Waals surface area contributed by atoms with Crippen LogP contribution in [-0.4, -0.2) is 20.7 Å². The lowest BCUT2D eigenvalue weighted by Gasteiger charge is -2.17. The van der Waals surface area contributed by atoms with Gasteiger partial charge in [0.1, 0.15) is 5.82 Å². The van der Waals surface area contributed by atoms with Gasteiger partial charge in [-0.1, -0.05) is 30.3 Å². The van der Waals surface area contributed by atoms with E-state index in [1.165, 1.54) is 0 Å². The Morgan fingerprint density at radius 1 is 1.10 bits per heavy atom. The van der Waals surface area contributed by atoms with Gasteiger partial charge in [-0.15, -0.1) is 0 Å². The van der Waals surface area contributed by atoms with E-state index in [1.807, 2.05) is 44.2 Å². The lowest BCUT2D eigenvalue weighted by atomic mass is 10.1. The minimum absolute atomic E-state index is 0.332. The number of rotatable bonds is 1. The lowest BCUT2D eigenvalue weighted by Crippen LogP contribution is -2.19. The van der Waals surface area contributed by atoms with E-state index in [4.69, 9.17) is 4.74 Å². The minimum Gasteiger partial charge on any atom is -0.432 e. The van der Waals surface area contributed by atoms with Crippen LogP contribution >= 0.6 is 0 Å². The second kappa shape index (κ2) is 4.59. The van der Waals surface area contributed by atoms with Gasteiger partial charge in [0.25, 0.3) is 0 Å². The Kier molecular flexibility index (Phi) is 2.89. The van der Waals surface area contributed by atoms with Gasteiger partial charge in [-0.25, -0.2) is 14.5 Å². The first-order chi connectivity index (χ1) is 9.58. The van der Waals surface area contributed by atoms with Crippen molar-refractivity contribution in [1.29, 1.82) is 0 Å². The zero-order valence-corrected chi connectivity index (χ0v) is 11.6. The second-order valence-corrected chi connectivity index (χ2v) is 4.85. The number of cyclic esters (lactones) is 1. The van der Waals surface area contributed by atoms with Gasteiger partial charge in [-0.3, -0.25) is 0 Å². The first-order valence-electron chi connectivity index (χ1n) is 6.45. The molecule has 0 radical (unpaired) electrons. The standard InChI is InChI=1S/C15H15N3O2/c1-9-10(2)15(19)20-14(12-7-5-4-6-8-12)18-13(9)16-11(3)17-18/h4-8,14H,1-3H3. The van der Waals surface area contributed by atoms with Crippen molar-refractivity contribution in [3.8, 4) is 0 Å². The summed E-state index contributed by atoms with van der Waals surface area (Å²) in [5.74, 6) is 1.01. The molecule has 5 nitrogen and oxygen atoms in total. The highest BCUT2D eigenvalue weighted by Gasteiger charge is 2.29. The summed E-state index contributed by atoms with van der Waals surface area (Å²) in [6, 6.07) is 9.56. The summed E-state index contributed by atoms with van der Waals surface area (Å²) in [6.07, 6.45) is -0.577. The van der Waals surface area contributed by atoms with E-state index < -0.39 is 6.23 Å². The van der Waals surface area contributed by atoms with Crippen LogP contribution in [0.25, 0.3) is 5.57 Å². The first-order valence-corrected chi connectivity index (χ1v) is 6.45. The van der Waals surface area contributed by atoms with E-state index >= 15 is 0 Å². The van der Waals surface area contributed by atoms with Crippen LogP contribution in [0.5, 0.6) is 0 Å². The van der Waals surface area contributed by atoms with Gasteiger partial charge in [-0.05, 0) is 20.8 Å². The van der Waals surface area contributed by atoms with Crippen molar-refractivity contribution in [1.82, 2.24) is 14.8 Å². The fourth-order valence-electron chi connectivity index (χ4n) is 2.24. The Morgan fingerprint density at radius 3 is 2.50 bits per heavy atom. The smallest absolute Gasteiger partial charge is 0.336 e. The Bertz CT molecular complexity index is 701. The molecule has 3 rings (SSSR count). The molecular formula is C15H15N3O2. The van der Waals surface area contributed by atoms with Crippen LogP contribution < -0.4 is 0 Å². The topological polar surface area (TPSA) is 57.0 Å². The highest BCUT2D eigenvalue weighted by Crippen LogP contribution is 2.30. The Hall–Kier alpha value is -2.43. The third-order valence-electron chi connectivity index (χ3n) is 3.47. The maximum atomic E-state index is 12.1. The normalized spacial score (nSPS) is 18.6. The molecule has 0 N–H and O–H groups in total. The Labute approximate surface area is 116 Å². The number of ether oxygens (including phenoxy) is 1. The quantitative estimate of drug-likeness (QED) is 0.746. The molecule has 0 saturated heterocycles. The number of hydrogen-bond acceptors (Lipinski definition) is 4. The van der Waals surface area contributed by atoms with Crippen molar-refractivity contribution in [2.24, 2.45) is 0 Å². The highest BCUT2D eigenvalue weighted by atomic mass is 16.6. The predicted molar refractivity (Wildman–Crippen MR) is 73.7 cm³/mol. The van der Waals surface area contributed by atoms with Gasteiger partial charge in [0, 0.05) is 16.7 Å². The SMILES string of the molecule is CC1=C(C)c2nc(C)nn2C(c2ccccc2)OC1=O. The van der Waals surface area contributed by atoms with E-state index in [1.54, 1.807) is 11.6 Å². The van der Waals surface area contributed by atoms with Crippen LogP contribution in [0.2, 0.25) is 0 Å². The molecule has 1 aromatic carbocycles. The van der Waals surface area contributed by atoms with Crippen molar-refractivity contribution >= 4 is 11.5 Å². The summed E-state index contributed by atoms with van der Waals surface area (Å²) in [6.45, 7) is 5.44. The molecule has 20 heavy (non-hydrogen) atoms. The van der Waals surface area contributed by atoms with E-state index in [9.17, 15) is 4.79 Å².